The summed E-state index contributed by atoms with van der Waals surface area (Å²) in [4.78, 5) is 17.4. The van der Waals surface area contributed by atoms with Crippen molar-refractivity contribution >= 4 is 16.1 Å². The fourth-order valence-corrected chi connectivity index (χ4v) is 7.15. The van der Waals surface area contributed by atoms with Crippen molar-refractivity contribution in [1.29, 1.82) is 0 Å². The van der Waals surface area contributed by atoms with Crippen molar-refractivity contribution in [3.05, 3.63) is 66.2 Å². The SMILES string of the molecule is CO[C@](CCN1CCC2C(CCN2C(=O)OC(C)(C)C)C1)(CN(C)S(=O)(=O)c1ccccc1)c1ccccc1. The molecule has 0 spiro atoms. The summed E-state index contributed by atoms with van der Waals surface area (Å²) in [5, 5.41) is 0. The molecule has 2 saturated heterocycles. The lowest BCUT2D eigenvalue weighted by Crippen LogP contribution is -2.50. The van der Waals surface area contributed by atoms with Gasteiger partial charge in [-0.15, -0.1) is 0 Å². The first-order chi connectivity index (χ1) is 18.4. The topological polar surface area (TPSA) is 79.4 Å². The molecule has 2 aromatic carbocycles. The summed E-state index contributed by atoms with van der Waals surface area (Å²) < 4.78 is 40.0. The number of likely N-dealkylation sites (N-methyl/N-ethyl adjacent to an activating group) is 1. The highest BCUT2D eigenvalue weighted by molar-refractivity contribution is 7.89. The summed E-state index contributed by atoms with van der Waals surface area (Å²) in [7, 11) is -0.398. The van der Waals surface area contributed by atoms with Crippen LogP contribution in [0.25, 0.3) is 0 Å². The van der Waals surface area contributed by atoms with E-state index in [1.165, 1.54) is 4.31 Å². The van der Waals surface area contributed by atoms with Crippen molar-refractivity contribution in [2.75, 3.05) is 46.9 Å². The highest BCUT2D eigenvalue weighted by atomic mass is 32.2. The first kappa shape index (κ1) is 29.5. The minimum absolute atomic E-state index is 0.192. The molecule has 2 aliphatic heterocycles. The van der Waals surface area contributed by atoms with Gasteiger partial charge in [0.2, 0.25) is 10.0 Å². The predicted octanol–water partition coefficient (Wildman–Crippen LogP) is 4.57. The zero-order valence-electron chi connectivity index (χ0n) is 23.9. The Labute approximate surface area is 233 Å². The Hall–Kier alpha value is -2.46. The third-order valence-electron chi connectivity index (χ3n) is 8.00. The monoisotopic (exact) mass is 557 g/mol. The molecule has 0 aliphatic carbocycles. The molecule has 39 heavy (non-hydrogen) atoms. The van der Waals surface area contributed by atoms with E-state index in [0.29, 0.717) is 12.3 Å². The van der Waals surface area contributed by atoms with Gasteiger partial charge in [0.25, 0.3) is 0 Å². The number of nitrogens with zero attached hydrogens (tertiary/aromatic N) is 3. The predicted molar refractivity (Wildman–Crippen MR) is 152 cm³/mol. The minimum atomic E-state index is -3.68. The quantitative estimate of drug-likeness (QED) is 0.450. The van der Waals surface area contributed by atoms with Crippen molar-refractivity contribution in [3.8, 4) is 0 Å². The number of piperidine rings is 1. The number of likely N-dealkylation sites (tertiary alicyclic amines) is 2. The molecule has 2 aromatic rings. The van der Waals surface area contributed by atoms with Gasteiger partial charge < -0.3 is 19.3 Å². The first-order valence-electron chi connectivity index (χ1n) is 13.8. The standard InChI is InChI=1S/C30H43N3O5S/c1-29(2,3)38-28(34)33-20-16-24-22-32(19-17-27(24)33)21-18-30(37-5,25-12-8-6-9-13-25)23-31(4)39(35,36)26-14-10-7-11-15-26/h6-15,24,27H,16-23H2,1-5H3/t24?,27?,30-/m1/s1. The number of carbonyl (C=O) groups is 1. The van der Waals surface area contributed by atoms with Crippen LogP contribution in [-0.2, 0) is 25.1 Å². The molecular formula is C30H43N3O5S. The van der Waals surface area contributed by atoms with E-state index in [-0.39, 0.29) is 23.6 Å². The van der Waals surface area contributed by atoms with E-state index < -0.39 is 21.2 Å². The summed E-state index contributed by atoms with van der Waals surface area (Å²) in [5.41, 5.74) is -0.361. The summed E-state index contributed by atoms with van der Waals surface area (Å²) in [6.45, 7) is 9.15. The maximum absolute atomic E-state index is 13.4. The average molecular weight is 558 g/mol. The molecule has 9 heteroatoms. The lowest BCUT2D eigenvalue weighted by atomic mass is 9.88. The van der Waals surface area contributed by atoms with Crippen molar-refractivity contribution in [1.82, 2.24) is 14.1 Å². The normalized spacial score (nSPS) is 21.9. The number of fused-ring (bicyclic) bond motifs is 1. The molecule has 0 saturated carbocycles. The van der Waals surface area contributed by atoms with Gasteiger partial charge >= 0.3 is 6.09 Å². The number of amides is 1. The second kappa shape index (κ2) is 12.0. The second-order valence-electron chi connectivity index (χ2n) is 11.8. The lowest BCUT2D eigenvalue weighted by Gasteiger charge is -2.41. The van der Waals surface area contributed by atoms with E-state index in [4.69, 9.17) is 9.47 Å². The van der Waals surface area contributed by atoms with Crippen LogP contribution in [0.2, 0.25) is 0 Å². The van der Waals surface area contributed by atoms with Crippen LogP contribution < -0.4 is 0 Å². The Morgan fingerprint density at radius 3 is 2.26 bits per heavy atom. The molecule has 2 fully saturated rings. The fraction of sp³-hybridized carbons (Fsp3) is 0.567. The summed E-state index contributed by atoms with van der Waals surface area (Å²) in [5.74, 6) is 0.404. The number of methoxy groups -OCH3 is 1. The fourth-order valence-electron chi connectivity index (χ4n) is 5.91. The van der Waals surface area contributed by atoms with Gasteiger partial charge in [0.1, 0.15) is 11.2 Å². The molecular weight excluding hydrogens is 514 g/mol. The summed E-state index contributed by atoms with van der Waals surface area (Å²) >= 11 is 0. The van der Waals surface area contributed by atoms with Crippen LogP contribution in [0.4, 0.5) is 4.79 Å². The number of hydrogen-bond donors (Lipinski definition) is 0. The lowest BCUT2D eigenvalue weighted by molar-refractivity contribution is -0.0415. The molecule has 8 nitrogen and oxygen atoms in total. The van der Waals surface area contributed by atoms with Crippen molar-refractivity contribution < 1.29 is 22.7 Å². The number of hydrogen-bond acceptors (Lipinski definition) is 6. The van der Waals surface area contributed by atoms with Gasteiger partial charge in [0, 0.05) is 52.9 Å². The van der Waals surface area contributed by atoms with Gasteiger partial charge in [-0.3, -0.25) is 0 Å². The number of sulfonamides is 1. The average Bonchev–Trinajstić information content (AvgIpc) is 3.34. The zero-order chi connectivity index (χ0) is 28.3. The largest absolute Gasteiger partial charge is 0.444 e. The van der Waals surface area contributed by atoms with E-state index in [0.717, 1.165) is 44.6 Å². The molecule has 0 bridgehead atoms. The Morgan fingerprint density at radius 1 is 1.00 bits per heavy atom. The van der Waals surface area contributed by atoms with Crippen LogP contribution in [0.5, 0.6) is 0 Å². The smallest absolute Gasteiger partial charge is 0.410 e. The molecule has 214 valence electrons. The Kier molecular flexibility index (Phi) is 9.05. The van der Waals surface area contributed by atoms with Crippen LogP contribution in [0, 0.1) is 5.92 Å². The van der Waals surface area contributed by atoms with Gasteiger partial charge in [-0.25, -0.2) is 13.2 Å². The number of benzene rings is 2. The third kappa shape index (κ3) is 6.82. The molecule has 2 aliphatic rings. The number of rotatable bonds is 9. The van der Waals surface area contributed by atoms with Gasteiger partial charge in [0.05, 0.1) is 4.90 Å². The molecule has 0 aromatic heterocycles. The highest BCUT2D eigenvalue weighted by Crippen LogP contribution is 2.35. The number of ether oxygens (including phenoxy) is 2. The van der Waals surface area contributed by atoms with Crippen molar-refractivity contribution in [2.45, 2.75) is 62.2 Å². The molecule has 2 unspecified atom stereocenters. The van der Waals surface area contributed by atoms with Gasteiger partial charge in [-0.05, 0) is 63.6 Å². The van der Waals surface area contributed by atoms with Crippen LogP contribution in [-0.4, -0.2) is 87.1 Å². The molecule has 0 radical (unpaired) electrons. The Bertz CT molecular complexity index is 1200. The maximum Gasteiger partial charge on any atom is 0.410 e. The van der Waals surface area contributed by atoms with Crippen LogP contribution in [0.3, 0.4) is 0 Å². The molecule has 4 rings (SSSR count). The minimum Gasteiger partial charge on any atom is -0.444 e. The Balaban J connectivity index is 1.46. The van der Waals surface area contributed by atoms with E-state index in [2.05, 4.69) is 4.90 Å². The summed E-state index contributed by atoms with van der Waals surface area (Å²) in [6, 6.07) is 18.6. The van der Waals surface area contributed by atoms with Crippen LogP contribution in [0.15, 0.2) is 65.6 Å². The number of carbonyl (C=O) groups excluding carboxylic acids is 1. The summed E-state index contributed by atoms with van der Waals surface area (Å²) in [6.07, 6.45) is 2.29. The van der Waals surface area contributed by atoms with Crippen LogP contribution >= 0.6 is 0 Å². The Morgan fingerprint density at radius 2 is 1.64 bits per heavy atom. The molecule has 2 heterocycles. The molecule has 0 N–H and O–H groups in total. The zero-order valence-corrected chi connectivity index (χ0v) is 24.7. The first-order valence-corrected chi connectivity index (χ1v) is 15.2. The molecule has 3 atom stereocenters. The van der Waals surface area contributed by atoms with E-state index in [9.17, 15) is 13.2 Å². The van der Waals surface area contributed by atoms with E-state index in [1.807, 2.05) is 62.1 Å². The second-order valence-corrected chi connectivity index (χ2v) is 13.8. The van der Waals surface area contributed by atoms with Gasteiger partial charge in [-0.2, -0.15) is 4.31 Å². The van der Waals surface area contributed by atoms with Gasteiger partial charge in [0.15, 0.2) is 0 Å². The third-order valence-corrected chi connectivity index (χ3v) is 9.82. The van der Waals surface area contributed by atoms with Crippen molar-refractivity contribution in [2.24, 2.45) is 5.92 Å². The van der Waals surface area contributed by atoms with Crippen molar-refractivity contribution in [3.63, 3.8) is 0 Å². The maximum atomic E-state index is 13.4. The highest BCUT2D eigenvalue weighted by Gasteiger charge is 2.43. The van der Waals surface area contributed by atoms with E-state index >= 15 is 0 Å². The van der Waals surface area contributed by atoms with Gasteiger partial charge in [-0.1, -0.05) is 48.5 Å². The van der Waals surface area contributed by atoms with E-state index in [1.54, 1.807) is 38.4 Å². The molecule has 1 amide bonds. The van der Waals surface area contributed by atoms with Crippen LogP contribution in [0.1, 0.15) is 45.6 Å².